The Labute approximate surface area is 102 Å². The van der Waals surface area contributed by atoms with E-state index < -0.39 is 0 Å². The summed E-state index contributed by atoms with van der Waals surface area (Å²) in [5.41, 5.74) is 8.80. The molecule has 2 rings (SSSR count). The van der Waals surface area contributed by atoms with Gasteiger partial charge in [-0.1, -0.05) is 37.6 Å². The van der Waals surface area contributed by atoms with Gasteiger partial charge in [-0.05, 0) is 12.0 Å². The molecule has 0 spiro atoms. The smallest absolute Gasteiger partial charge is 0.195 e. The number of oxazole rings is 1. The zero-order valence-corrected chi connectivity index (χ0v) is 10.1. The molecule has 3 heteroatoms. The molecule has 0 amide bonds. The number of aromatic nitrogens is 1. The van der Waals surface area contributed by atoms with Crippen molar-refractivity contribution < 1.29 is 4.42 Å². The van der Waals surface area contributed by atoms with E-state index >= 15 is 0 Å². The van der Waals surface area contributed by atoms with Gasteiger partial charge in [-0.15, -0.1) is 0 Å². The van der Waals surface area contributed by atoms with E-state index in [-0.39, 0.29) is 0 Å². The summed E-state index contributed by atoms with van der Waals surface area (Å²) in [6.07, 6.45) is 4.68. The lowest BCUT2D eigenvalue weighted by molar-refractivity contribution is 0.496. The van der Waals surface area contributed by atoms with Crippen LogP contribution in [0.1, 0.15) is 24.8 Å². The fourth-order valence-electron chi connectivity index (χ4n) is 1.81. The lowest BCUT2D eigenvalue weighted by Crippen LogP contribution is -2.02. The number of aryl methyl sites for hydroxylation is 1. The first-order valence-corrected chi connectivity index (χ1v) is 6.07. The lowest BCUT2D eigenvalue weighted by atomic mass is 10.1. The Bertz CT molecular complexity index is 459. The van der Waals surface area contributed by atoms with Crippen LogP contribution in [-0.4, -0.2) is 11.5 Å². The Morgan fingerprint density at radius 3 is 2.59 bits per heavy atom. The second-order valence-electron chi connectivity index (χ2n) is 4.11. The highest BCUT2D eigenvalue weighted by Crippen LogP contribution is 2.19. The molecule has 2 N–H and O–H groups in total. The Balaban J connectivity index is 2.15. The molecular weight excluding hydrogens is 212 g/mol. The van der Waals surface area contributed by atoms with Gasteiger partial charge in [-0.2, -0.15) is 0 Å². The highest BCUT2D eigenvalue weighted by atomic mass is 16.3. The van der Waals surface area contributed by atoms with E-state index in [0.29, 0.717) is 18.9 Å². The van der Waals surface area contributed by atoms with Gasteiger partial charge in [0.05, 0.1) is 0 Å². The van der Waals surface area contributed by atoms with E-state index in [1.807, 2.05) is 0 Å². The zero-order chi connectivity index (χ0) is 12.1. The van der Waals surface area contributed by atoms with Gasteiger partial charge in [0.2, 0.25) is 0 Å². The molecule has 0 fully saturated rings. The van der Waals surface area contributed by atoms with Crippen LogP contribution in [0.2, 0.25) is 0 Å². The number of nitrogens with two attached hydrogens (primary N) is 1. The first kappa shape index (κ1) is 11.9. The summed E-state index contributed by atoms with van der Waals surface area (Å²) in [5.74, 6) is 0.708. The summed E-state index contributed by atoms with van der Waals surface area (Å²) in [6.45, 7) is 2.75. The molecular formula is C14H18N2O. The van der Waals surface area contributed by atoms with Gasteiger partial charge >= 0.3 is 0 Å². The largest absolute Gasteiger partial charge is 0.448 e. The SMILES string of the molecule is CCCc1ccc(-c2coc(CCN)n2)cc1. The monoisotopic (exact) mass is 230 g/mol. The van der Waals surface area contributed by atoms with E-state index in [9.17, 15) is 0 Å². The minimum atomic E-state index is 0.565. The predicted molar refractivity (Wildman–Crippen MR) is 68.7 cm³/mol. The highest BCUT2D eigenvalue weighted by Gasteiger charge is 2.05. The summed E-state index contributed by atoms with van der Waals surface area (Å²) in [4.78, 5) is 4.40. The van der Waals surface area contributed by atoms with Gasteiger partial charge in [-0.25, -0.2) is 4.98 Å². The second-order valence-corrected chi connectivity index (χ2v) is 4.11. The van der Waals surface area contributed by atoms with Crippen LogP contribution in [0.15, 0.2) is 34.9 Å². The molecule has 0 aliphatic carbocycles. The Kier molecular flexibility index (Phi) is 3.94. The van der Waals surface area contributed by atoms with Gasteiger partial charge in [0.25, 0.3) is 0 Å². The second kappa shape index (κ2) is 5.64. The van der Waals surface area contributed by atoms with Crippen LogP contribution >= 0.6 is 0 Å². The average Bonchev–Trinajstić information content (AvgIpc) is 2.80. The Morgan fingerprint density at radius 2 is 1.94 bits per heavy atom. The topological polar surface area (TPSA) is 52.0 Å². The molecule has 0 aliphatic heterocycles. The Hall–Kier alpha value is -1.61. The summed E-state index contributed by atoms with van der Waals surface area (Å²) in [7, 11) is 0. The van der Waals surface area contributed by atoms with Crippen molar-refractivity contribution in [2.75, 3.05) is 6.54 Å². The standard InChI is InChI=1S/C14H18N2O/c1-2-3-11-4-6-12(7-5-11)13-10-17-14(16-13)8-9-15/h4-7,10H,2-3,8-9,15H2,1H3. The van der Waals surface area contributed by atoms with Crippen LogP contribution < -0.4 is 5.73 Å². The van der Waals surface area contributed by atoms with Crippen molar-refractivity contribution in [2.24, 2.45) is 5.73 Å². The molecule has 0 atom stereocenters. The van der Waals surface area contributed by atoms with E-state index in [4.69, 9.17) is 10.2 Å². The van der Waals surface area contributed by atoms with E-state index in [0.717, 1.165) is 17.7 Å². The number of hydrogen-bond donors (Lipinski definition) is 1. The summed E-state index contributed by atoms with van der Waals surface area (Å²) < 4.78 is 5.35. The van der Waals surface area contributed by atoms with Gasteiger partial charge in [0.15, 0.2) is 5.89 Å². The van der Waals surface area contributed by atoms with Crippen molar-refractivity contribution >= 4 is 0 Å². The number of nitrogens with zero attached hydrogens (tertiary/aromatic N) is 1. The third kappa shape index (κ3) is 2.94. The van der Waals surface area contributed by atoms with Crippen molar-refractivity contribution in [3.63, 3.8) is 0 Å². The first-order valence-electron chi connectivity index (χ1n) is 6.07. The number of rotatable bonds is 5. The quantitative estimate of drug-likeness (QED) is 0.859. The average molecular weight is 230 g/mol. The molecule has 0 saturated heterocycles. The van der Waals surface area contributed by atoms with E-state index in [2.05, 4.69) is 36.2 Å². The van der Waals surface area contributed by atoms with Crippen molar-refractivity contribution in [3.8, 4) is 11.3 Å². The van der Waals surface area contributed by atoms with Crippen LogP contribution in [0.5, 0.6) is 0 Å². The molecule has 90 valence electrons. The fraction of sp³-hybridized carbons (Fsp3) is 0.357. The normalized spacial score (nSPS) is 10.7. The summed E-state index contributed by atoms with van der Waals surface area (Å²) >= 11 is 0. The minimum Gasteiger partial charge on any atom is -0.448 e. The molecule has 1 heterocycles. The molecule has 0 bridgehead atoms. The van der Waals surface area contributed by atoms with Crippen molar-refractivity contribution in [1.29, 1.82) is 0 Å². The summed E-state index contributed by atoms with van der Waals surface area (Å²) in [6, 6.07) is 8.48. The van der Waals surface area contributed by atoms with Gasteiger partial charge < -0.3 is 10.2 Å². The molecule has 1 aromatic heterocycles. The van der Waals surface area contributed by atoms with Crippen LogP contribution in [0.4, 0.5) is 0 Å². The molecule has 17 heavy (non-hydrogen) atoms. The van der Waals surface area contributed by atoms with E-state index in [1.54, 1.807) is 6.26 Å². The maximum Gasteiger partial charge on any atom is 0.195 e. The molecule has 0 aliphatic rings. The maximum atomic E-state index is 5.46. The predicted octanol–water partition coefficient (Wildman–Crippen LogP) is 2.80. The first-order chi connectivity index (χ1) is 8.33. The van der Waals surface area contributed by atoms with Crippen LogP contribution in [0, 0.1) is 0 Å². The lowest BCUT2D eigenvalue weighted by Gasteiger charge is -1.99. The van der Waals surface area contributed by atoms with Crippen molar-refractivity contribution in [1.82, 2.24) is 4.98 Å². The summed E-state index contributed by atoms with van der Waals surface area (Å²) in [5, 5.41) is 0. The van der Waals surface area contributed by atoms with Crippen LogP contribution in [0.3, 0.4) is 0 Å². The van der Waals surface area contributed by atoms with Gasteiger partial charge in [0, 0.05) is 18.5 Å². The third-order valence-corrected chi connectivity index (χ3v) is 2.70. The van der Waals surface area contributed by atoms with E-state index in [1.165, 1.54) is 12.0 Å². The molecule has 0 saturated carbocycles. The van der Waals surface area contributed by atoms with Gasteiger partial charge in [0.1, 0.15) is 12.0 Å². The zero-order valence-electron chi connectivity index (χ0n) is 10.1. The van der Waals surface area contributed by atoms with Crippen LogP contribution in [0.25, 0.3) is 11.3 Å². The van der Waals surface area contributed by atoms with Crippen molar-refractivity contribution in [2.45, 2.75) is 26.2 Å². The highest BCUT2D eigenvalue weighted by molar-refractivity contribution is 5.58. The van der Waals surface area contributed by atoms with Crippen molar-refractivity contribution in [3.05, 3.63) is 42.0 Å². The molecule has 2 aromatic rings. The van der Waals surface area contributed by atoms with Gasteiger partial charge in [-0.3, -0.25) is 0 Å². The van der Waals surface area contributed by atoms with Crippen LogP contribution in [-0.2, 0) is 12.8 Å². The number of hydrogen-bond acceptors (Lipinski definition) is 3. The Morgan fingerprint density at radius 1 is 1.18 bits per heavy atom. The molecule has 0 unspecified atom stereocenters. The maximum absolute atomic E-state index is 5.46. The third-order valence-electron chi connectivity index (χ3n) is 2.70. The molecule has 1 aromatic carbocycles. The fourth-order valence-corrected chi connectivity index (χ4v) is 1.81. The number of benzene rings is 1. The minimum absolute atomic E-state index is 0.565. The molecule has 3 nitrogen and oxygen atoms in total. The molecule has 0 radical (unpaired) electrons.